The van der Waals surface area contributed by atoms with E-state index in [1.54, 1.807) is 17.2 Å². The van der Waals surface area contributed by atoms with Crippen molar-refractivity contribution in [2.24, 2.45) is 0 Å². The Labute approximate surface area is 119 Å². The SMILES string of the molecule is CC(C)N(Cc1ccccc1)C(=O)Nc1ccccn1. The lowest BCUT2D eigenvalue weighted by Crippen LogP contribution is -2.39. The molecule has 1 aromatic heterocycles. The summed E-state index contributed by atoms with van der Waals surface area (Å²) < 4.78 is 0. The van der Waals surface area contributed by atoms with Gasteiger partial charge in [-0.25, -0.2) is 9.78 Å². The Morgan fingerprint density at radius 3 is 2.45 bits per heavy atom. The van der Waals surface area contributed by atoms with Gasteiger partial charge in [-0.3, -0.25) is 5.32 Å². The number of hydrogen-bond donors (Lipinski definition) is 1. The Kier molecular flexibility index (Phi) is 4.71. The van der Waals surface area contributed by atoms with Crippen LogP contribution in [0.1, 0.15) is 19.4 Å². The molecule has 1 aromatic carbocycles. The third-order valence-corrected chi connectivity index (χ3v) is 2.98. The van der Waals surface area contributed by atoms with Crippen LogP contribution in [0.3, 0.4) is 0 Å². The zero-order valence-corrected chi connectivity index (χ0v) is 11.8. The van der Waals surface area contributed by atoms with E-state index in [9.17, 15) is 4.79 Å². The Morgan fingerprint density at radius 1 is 1.15 bits per heavy atom. The minimum Gasteiger partial charge on any atom is -0.318 e. The Bertz CT molecular complexity index is 540. The Balaban J connectivity index is 2.07. The quantitative estimate of drug-likeness (QED) is 0.923. The number of rotatable bonds is 4. The van der Waals surface area contributed by atoms with Crippen LogP contribution < -0.4 is 5.32 Å². The Hall–Kier alpha value is -2.36. The molecule has 0 spiro atoms. The van der Waals surface area contributed by atoms with Crippen LogP contribution in [0.4, 0.5) is 10.6 Å². The van der Waals surface area contributed by atoms with Gasteiger partial charge in [0.05, 0.1) is 0 Å². The summed E-state index contributed by atoms with van der Waals surface area (Å²) in [7, 11) is 0. The highest BCUT2D eigenvalue weighted by atomic mass is 16.2. The van der Waals surface area contributed by atoms with E-state index in [0.717, 1.165) is 5.56 Å². The maximum absolute atomic E-state index is 12.3. The third-order valence-electron chi connectivity index (χ3n) is 2.98. The number of carbonyl (C=O) groups is 1. The molecule has 0 aliphatic rings. The van der Waals surface area contributed by atoms with Gasteiger partial charge < -0.3 is 4.90 Å². The van der Waals surface area contributed by atoms with E-state index in [1.165, 1.54) is 0 Å². The largest absolute Gasteiger partial charge is 0.323 e. The first-order valence-electron chi connectivity index (χ1n) is 6.69. The zero-order chi connectivity index (χ0) is 14.4. The smallest absolute Gasteiger partial charge is 0.318 e. The normalized spacial score (nSPS) is 10.3. The number of nitrogens with one attached hydrogen (secondary N) is 1. The van der Waals surface area contributed by atoms with E-state index in [1.807, 2.05) is 56.3 Å². The molecule has 0 atom stereocenters. The van der Waals surface area contributed by atoms with Gasteiger partial charge in [0.1, 0.15) is 5.82 Å². The number of urea groups is 1. The fraction of sp³-hybridized carbons (Fsp3) is 0.250. The van der Waals surface area contributed by atoms with Crippen molar-refractivity contribution in [2.75, 3.05) is 5.32 Å². The molecule has 0 aliphatic heterocycles. The highest BCUT2D eigenvalue weighted by molar-refractivity contribution is 5.88. The Morgan fingerprint density at radius 2 is 1.85 bits per heavy atom. The number of anilines is 1. The minimum absolute atomic E-state index is 0.110. The molecule has 0 unspecified atom stereocenters. The second-order valence-electron chi connectivity index (χ2n) is 4.85. The van der Waals surface area contributed by atoms with E-state index in [-0.39, 0.29) is 12.1 Å². The highest BCUT2D eigenvalue weighted by Crippen LogP contribution is 2.11. The van der Waals surface area contributed by atoms with Crippen molar-refractivity contribution in [3.05, 3.63) is 60.3 Å². The lowest BCUT2D eigenvalue weighted by atomic mass is 10.2. The fourth-order valence-electron chi connectivity index (χ4n) is 1.89. The predicted octanol–water partition coefficient (Wildman–Crippen LogP) is 3.52. The topological polar surface area (TPSA) is 45.2 Å². The van der Waals surface area contributed by atoms with E-state index >= 15 is 0 Å². The number of nitrogens with zero attached hydrogens (tertiary/aromatic N) is 2. The number of hydrogen-bond acceptors (Lipinski definition) is 2. The summed E-state index contributed by atoms with van der Waals surface area (Å²) in [5, 5.41) is 2.82. The standard InChI is InChI=1S/C16H19N3O/c1-13(2)19(12-14-8-4-3-5-9-14)16(20)18-15-10-6-7-11-17-15/h3-11,13H,12H2,1-2H3,(H,17,18,20). The molecule has 4 nitrogen and oxygen atoms in total. The van der Waals surface area contributed by atoms with Crippen molar-refractivity contribution >= 4 is 11.8 Å². The molecule has 0 saturated carbocycles. The predicted molar refractivity (Wildman–Crippen MR) is 80.4 cm³/mol. The van der Waals surface area contributed by atoms with Crippen LogP contribution in [0.5, 0.6) is 0 Å². The minimum atomic E-state index is -0.137. The summed E-state index contributed by atoms with van der Waals surface area (Å²) in [6.45, 7) is 4.58. The fourth-order valence-corrected chi connectivity index (χ4v) is 1.89. The number of pyridine rings is 1. The summed E-state index contributed by atoms with van der Waals surface area (Å²) in [6, 6.07) is 15.4. The average molecular weight is 269 g/mol. The maximum atomic E-state index is 12.3. The molecule has 2 rings (SSSR count). The summed E-state index contributed by atoms with van der Waals surface area (Å²) in [5.74, 6) is 0.566. The molecule has 0 saturated heterocycles. The van der Waals surface area contributed by atoms with E-state index in [2.05, 4.69) is 10.3 Å². The third kappa shape index (κ3) is 3.82. The van der Waals surface area contributed by atoms with Crippen LogP contribution in [0.15, 0.2) is 54.7 Å². The first-order chi connectivity index (χ1) is 9.66. The molecular formula is C16H19N3O. The molecule has 1 heterocycles. The second-order valence-corrected chi connectivity index (χ2v) is 4.85. The summed E-state index contributed by atoms with van der Waals surface area (Å²) >= 11 is 0. The van der Waals surface area contributed by atoms with Crippen LogP contribution in [0.25, 0.3) is 0 Å². The van der Waals surface area contributed by atoms with Gasteiger partial charge >= 0.3 is 6.03 Å². The van der Waals surface area contributed by atoms with Crippen LogP contribution in [-0.4, -0.2) is 22.0 Å². The van der Waals surface area contributed by atoms with Crippen LogP contribution in [0.2, 0.25) is 0 Å². The average Bonchev–Trinajstić information content (AvgIpc) is 2.46. The van der Waals surface area contributed by atoms with Crippen LogP contribution in [0, 0.1) is 0 Å². The van der Waals surface area contributed by atoms with Gasteiger partial charge in [-0.1, -0.05) is 36.4 Å². The van der Waals surface area contributed by atoms with Gasteiger partial charge in [0.25, 0.3) is 0 Å². The van der Waals surface area contributed by atoms with Crippen molar-refractivity contribution in [3.63, 3.8) is 0 Å². The van der Waals surface area contributed by atoms with Gasteiger partial charge in [0, 0.05) is 18.8 Å². The molecule has 2 aromatic rings. The van der Waals surface area contributed by atoms with E-state index in [4.69, 9.17) is 0 Å². The van der Waals surface area contributed by atoms with Crippen LogP contribution >= 0.6 is 0 Å². The highest BCUT2D eigenvalue weighted by Gasteiger charge is 2.17. The molecule has 0 bridgehead atoms. The molecule has 1 N–H and O–H groups in total. The molecular weight excluding hydrogens is 250 g/mol. The van der Waals surface area contributed by atoms with Crippen molar-refractivity contribution in [2.45, 2.75) is 26.4 Å². The number of aromatic nitrogens is 1. The summed E-state index contributed by atoms with van der Waals surface area (Å²) in [5.41, 5.74) is 1.11. The van der Waals surface area contributed by atoms with Crippen molar-refractivity contribution in [1.82, 2.24) is 9.88 Å². The summed E-state index contributed by atoms with van der Waals surface area (Å²) in [6.07, 6.45) is 1.66. The van der Waals surface area contributed by atoms with Gasteiger partial charge in [-0.2, -0.15) is 0 Å². The van der Waals surface area contributed by atoms with Crippen molar-refractivity contribution in [3.8, 4) is 0 Å². The first kappa shape index (κ1) is 14.1. The molecule has 2 amide bonds. The molecule has 0 aliphatic carbocycles. The summed E-state index contributed by atoms with van der Waals surface area (Å²) in [4.78, 5) is 18.2. The van der Waals surface area contributed by atoms with Gasteiger partial charge in [-0.05, 0) is 31.5 Å². The van der Waals surface area contributed by atoms with E-state index < -0.39 is 0 Å². The van der Waals surface area contributed by atoms with Gasteiger partial charge in [0.15, 0.2) is 0 Å². The zero-order valence-electron chi connectivity index (χ0n) is 11.8. The molecule has 104 valence electrons. The lowest BCUT2D eigenvalue weighted by molar-refractivity contribution is 0.193. The molecule has 4 heteroatoms. The van der Waals surface area contributed by atoms with E-state index in [0.29, 0.717) is 12.4 Å². The molecule has 0 radical (unpaired) electrons. The maximum Gasteiger partial charge on any atom is 0.323 e. The number of amides is 2. The van der Waals surface area contributed by atoms with Gasteiger partial charge in [0.2, 0.25) is 0 Å². The monoisotopic (exact) mass is 269 g/mol. The van der Waals surface area contributed by atoms with Crippen molar-refractivity contribution < 1.29 is 4.79 Å². The molecule has 0 fully saturated rings. The van der Waals surface area contributed by atoms with Crippen molar-refractivity contribution in [1.29, 1.82) is 0 Å². The lowest BCUT2D eigenvalue weighted by Gasteiger charge is -2.26. The second kappa shape index (κ2) is 6.70. The number of benzene rings is 1. The first-order valence-corrected chi connectivity index (χ1v) is 6.69. The van der Waals surface area contributed by atoms with Crippen LogP contribution in [-0.2, 0) is 6.54 Å². The molecule has 20 heavy (non-hydrogen) atoms. The number of carbonyl (C=O) groups excluding carboxylic acids is 1. The van der Waals surface area contributed by atoms with Gasteiger partial charge in [-0.15, -0.1) is 0 Å².